The molecule has 0 atom stereocenters. The molecule has 110 valence electrons. The minimum Gasteiger partial charge on any atom is -0.497 e. The Bertz CT molecular complexity index is 481. The molecule has 3 N–H and O–H groups in total. The van der Waals surface area contributed by atoms with E-state index in [0.29, 0.717) is 10.4 Å². The molecule has 1 aliphatic carbocycles. The molecule has 4 heteroatoms. The molecule has 1 aromatic carbocycles. The maximum atomic E-state index is 5.80. The zero-order valence-electron chi connectivity index (χ0n) is 12.4. The van der Waals surface area contributed by atoms with Crippen molar-refractivity contribution in [3.63, 3.8) is 0 Å². The Balaban J connectivity index is 2.12. The van der Waals surface area contributed by atoms with Crippen LogP contribution in [0, 0.1) is 5.41 Å². The van der Waals surface area contributed by atoms with E-state index in [1.54, 1.807) is 7.11 Å². The van der Waals surface area contributed by atoms with Crippen LogP contribution in [0.25, 0.3) is 0 Å². The van der Waals surface area contributed by atoms with Crippen molar-refractivity contribution in [2.24, 2.45) is 11.1 Å². The Hall–Kier alpha value is -1.29. The second-order valence-corrected chi connectivity index (χ2v) is 6.44. The van der Waals surface area contributed by atoms with Crippen LogP contribution in [0.1, 0.15) is 44.6 Å². The van der Waals surface area contributed by atoms with E-state index in [1.807, 2.05) is 18.2 Å². The van der Waals surface area contributed by atoms with Gasteiger partial charge >= 0.3 is 0 Å². The molecule has 0 amide bonds. The Morgan fingerprint density at radius 1 is 1.35 bits per heavy atom. The SMILES string of the molecule is COc1ccc(C(N)=S)c(NCC2(C)CCCCC2)c1. The summed E-state index contributed by atoms with van der Waals surface area (Å²) >= 11 is 5.12. The fourth-order valence-corrected chi connectivity index (χ4v) is 3.08. The first-order chi connectivity index (χ1) is 9.54. The van der Waals surface area contributed by atoms with Gasteiger partial charge in [0.15, 0.2) is 0 Å². The van der Waals surface area contributed by atoms with Gasteiger partial charge in [-0.2, -0.15) is 0 Å². The van der Waals surface area contributed by atoms with Crippen LogP contribution in [0.2, 0.25) is 0 Å². The van der Waals surface area contributed by atoms with E-state index in [-0.39, 0.29) is 0 Å². The predicted octanol–water partition coefficient (Wildman–Crippen LogP) is 3.71. The predicted molar refractivity (Wildman–Crippen MR) is 88.6 cm³/mol. The highest BCUT2D eigenvalue weighted by molar-refractivity contribution is 7.80. The molecule has 0 heterocycles. The van der Waals surface area contributed by atoms with Crippen LogP contribution in [0.15, 0.2) is 18.2 Å². The van der Waals surface area contributed by atoms with Crippen LogP contribution in [-0.4, -0.2) is 18.6 Å². The van der Waals surface area contributed by atoms with Crippen LogP contribution in [0.4, 0.5) is 5.69 Å². The van der Waals surface area contributed by atoms with Gasteiger partial charge in [0.25, 0.3) is 0 Å². The lowest BCUT2D eigenvalue weighted by atomic mass is 9.75. The van der Waals surface area contributed by atoms with Gasteiger partial charge in [0, 0.05) is 23.9 Å². The molecule has 0 bridgehead atoms. The van der Waals surface area contributed by atoms with Gasteiger partial charge in [-0.05, 0) is 30.4 Å². The fourth-order valence-electron chi connectivity index (χ4n) is 2.90. The van der Waals surface area contributed by atoms with Gasteiger partial charge < -0.3 is 15.8 Å². The van der Waals surface area contributed by atoms with E-state index >= 15 is 0 Å². The third-order valence-electron chi connectivity index (χ3n) is 4.26. The minimum absolute atomic E-state index is 0.370. The molecular weight excluding hydrogens is 268 g/mol. The number of methoxy groups -OCH3 is 1. The second-order valence-electron chi connectivity index (χ2n) is 6.00. The van der Waals surface area contributed by atoms with Gasteiger partial charge in [-0.1, -0.05) is 38.4 Å². The molecule has 1 saturated carbocycles. The number of benzene rings is 1. The van der Waals surface area contributed by atoms with Crippen molar-refractivity contribution in [2.45, 2.75) is 39.0 Å². The third-order valence-corrected chi connectivity index (χ3v) is 4.48. The fraction of sp³-hybridized carbons (Fsp3) is 0.562. The topological polar surface area (TPSA) is 47.3 Å². The van der Waals surface area contributed by atoms with Crippen molar-refractivity contribution in [1.29, 1.82) is 0 Å². The highest BCUT2D eigenvalue weighted by atomic mass is 32.1. The zero-order chi connectivity index (χ0) is 14.6. The van der Waals surface area contributed by atoms with Gasteiger partial charge in [0.1, 0.15) is 10.7 Å². The molecule has 0 unspecified atom stereocenters. The Labute approximate surface area is 126 Å². The van der Waals surface area contributed by atoms with E-state index in [2.05, 4.69) is 12.2 Å². The molecular formula is C16H24N2OS. The van der Waals surface area contributed by atoms with E-state index in [4.69, 9.17) is 22.7 Å². The molecule has 1 aliphatic rings. The first-order valence-corrected chi connectivity index (χ1v) is 7.67. The van der Waals surface area contributed by atoms with Crippen molar-refractivity contribution in [1.82, 2.24) is 0 Å². The van der Waals surface area contributed by atoms with Gasteiger partial charge in [-0.15, -0.1) is 0 Å². The number of ether oxygens (including phenoxy) is 1. The van der Waals surface area contributed by atoms with E-state index < -0.39 is 0 Å². The first-order valence-electron chi connectivity index (χ1n) is 7.26. The molecule has 0 radical (unpaired) electrons. The molecule has 1 aromatic rings. The number of thiocarbonyl (C=S) groups is 1. The molecule has 2 rings (SSSR count). The summed E-state index contributed by atoms with van der Waals surface area (Å²) in [4.78, 5) is 0.420. The highest BCUT2D eigenvalue weighted by Gasteiger charge is 2.26. The zero-order valence-corrected chi connectivity index (χ0v) is 13.2. The van der Waals surface area contributed by atoms with Crippen molar-refractivity contribution < 1.29 is 4.74 Å². The molecule has 3 nitrogen and oxygen atoms in total. The summed E-state index contributed by atoms with van der Waals surface area (Å²) in [6.07, 6.45) is 6.60. The largest absolute Gasteiger partial charge is 0.497 e. The quantitative estimate of drug-likeness (QED) is 0.812. The van der Waals surface area contributed by atoms with Crippen LogP contribution in [-0.2, 0) is 0 Å². The summed E-state index contributed by atoms with van der Waals surface area (Å²) in [6.45, 7) is 3.32. The lowest BCUT2D eigenvalue weighted by Crippen LogP contribution is -2.29. The van der Waals surface area contributed by atoms with Crippen LogP contribution >= 0.6 is 12.2 Å². The van der Waals surface area contributed by atoms with Crippen LogP contribution in [0.3, 0.4) is 0 Å². The number of hydrogen-bond acceptors (Lipinski definition) is 3. The molecule has 1 fully saturated rings. The van der Waals surface area contributed by atoms with Crippen molar-refractivity contribution in [2.75, 3.05) is 19.0 Å². The number of rotatable bonds is 5. The highest BCUT2D eigenvalue weighted by Crippen LogP contribution is 2.36. The van der Waals surface area contributed by atoms with Crippen molar-refractivity contribution in [3.05, 3.63) is 23.8 Å². The lowest BCUT2D eigenvalue weighted by Gasteiger charge is -2.34. The van der Waals surface area contributed by atoms with Gasteiger partial charge in [-0.25, -0.2) is 0 Å². The number of hydrogen-bond donors (Lipinski definition) is 2. The molecule has 0 aromatic heterocycles. The van der Waals surface area contributed by atoms with E-state index in [0.717, 1.165) is 23.5 Å². The van der Waals surface area contributed by atoms with Gasteiger partial charge in [-0.3, -0.25) is 0 Å². The average Bonchev–Trinajstić information content (AvgIpc) is 2.45. The molecule has 20 heavy (non-hydrogen) atoms. The number of anilines is 1. The third kappa shape index (κ3) is 3.63. The second kappa shape index (κ2) is 6.44. The number of nitrogens with two attached hydrogens (primary N) is 1. The first kappa shape index (κ1) is 15.1. The smallest absolute Gasteiger partial charge is 0.120 e. The molecule has 0 saturated heterocycles. The van der Waals surface area contributed by atoms with E-state index in [1.165, 1.54) is 32.1 Å². The Kier molecular flexibility index (Phi) is 4.86. The summed E-state index contributed by atoms with van der Waals surface area (Å²) in [5.74, 6) is 0.821. The van der Waals surface area contributed by atoms with Crippen molar-refractivity contribution >= 4 is 22.9 Å². The Morgan fingerprint density at radius 3 is 2.65 bits per heavy atom. The van der Waals surface area contributed by atoms with Gasteiger partial charge in [0.2, 0.25) is 0 Å². The summed E-state index contributed by atoms with van der Waals surface area (Å²) in [7, 11) is 1.67. The maximum absolute atomic E-state index is 5.80. The maximum Gasteiger partial charge on any atom is 0.120 e. The summed E-state index contributed by atoms with van der Waals surface area (Å²) in [5.41, 5.74) is 8.03. The summed E-state index contributed by atoms with van der Waals surface area (Å²) in [6, 6.07) is 5.79. The average molecular weight is 292 g/mol. The summed E-state index contributed by atoms with van der Waals surface area (Å²) < 4.78 is 5.28. The summed E-state index contributed by atoms with van der Waals surface area (Å²) in [5, 5.41) is 3.53. The molecule has 0 aliphatic heterocycles. The van der Waals surface area contributed by atoms with Crippen LogP contribution < -0.4 is 15.8 Å². The van der Waals surface area contributed by atoms with E-state index in [9.17, 15) is 0 Å². The normalized spacial score (nSPS) is 17.5. The Morgan fingerprint density at radius 2 is 2.05 bits per heavy atom. The number of nitrogens with one attached hydrogen (secondary N) is 1. The van der Waals surface area contributed by atoms with Crippen LogP contribution in [0.5, 0.6) is 5.75 Å². The van der Waals surface area contributed by atoms with Crippen molar-refractivity contribution in [3.8, 4) is 5.75 Å². The molecule has 0 spiro atoms. The van der Waals surface area contributed by atoms with Gasteiger partial charge in [0.05, 0.1) is 7.11 Å². The monoisotopic (exact) mass is 292 g/mol. The minimum atomic E-state index is 0.370. The standard InChI is InChI=1S/C16H24N2OS/c1-16(8-4-3-5-9-16)11-18-14-10-12(19-2)6-7-13(14)15(17)20/h6-7,10,18H,3-5,8-9,11H2,1-2H3,(H2,17,20). The lowest BCUT2D eigenvalue weighted by molar-refractivity contribution is 0.233.